The molecule has 1 unspecified atom stereocenters. The fourth-order valence-corrected chi connectivity index (χ4v) is 1.65. The normalized spacial score (nSPS) is 12.1. The zero-order valence-electron chi connectivity index (χ0n) is 8.85. The minimum Gasteiger partial charge on any atom is -0.292 e. The standard InChI is InChI=1S/C11H12BrNO3/c1-2-11(14)10(13(15)16)7-8-3-5-9(12)6-4-8/h3-6,10H,2,7H2,1H3. The highest BCUT2D eigenvalue weighted by Crippen LogP contribution is 2.13. The Hall–Kier alpha value is -1.23. The number of nitro groups is 1. The summed E-state index contributed by atoms with van der Waals surface area (Å²) >= 11 is 3.28. The third kappa shape index (κ3) is 3.41. The molecule has 0 aliphatic rings. The Kier molecular flexibility index (Phi) is 4.61. The van der Waals surface area contributed by atoms with Crippen LogP contribution in [0.2, 0.25) is 0 Å². The number of carbonyl (C=O) groups excluding carboxylic acids is 1. The van der Waals surface area contributed by atoms with Gasteiger partial charge in [0.2, 0.25) is 5.78 Å². The summed E-state index contributed by atoms with van der Waals surface area (Å²) in [5.74, 6) is -0.326. The predicted octanol–water partition coefficient (Wildman–Crippen LogP) is 2.62. The average Bonchev–Trinajstić information content (AvgIpc) is 2.27. The third-order valence-corrected chi connectivity index (χ3v) is 2.85. The van der Waals surface area contributed by atoms with Crippen molar-refractivity contribution in [1.82, 2.24) is 0 Å². The molecule has 0 saturated heterocycles. The molecule has 0 aromatic heterocycles. The van der Waals surface area contributed by atoms with E-state index in [0.717, 1.165) is 10.0 Å². The Bertz CT molecular complexity index is 389. The maximum atomic E-state index is 11.4. The topological polar surface area (TPSA) is 60.2 Å². The first kappa shape index (κ1) is 12.8. The van der Waals surface area contributed by atoms with Gasteiger partial charge in [-0.2, -0.15) is 0 Å². The van der Waals surface area contributed by atoms with E-state index in [4.69, 9.17) is 0 Å². The number of carbonyl (C=O) groups is 1. The molecule has 1 aromatic carbocycles. The van der Waals surface area contributed by atoms with E-state index >= 15 is 0 Å². The van der Waals surface area contributed by atoms with Gasteiger partial charge >= 0.3 is 0 Å². The van der Waals surface area contributed by atoms with Crippen LogP contribution in [0.25, 0.3) is 0 Å². The van der Waals surface area contributed by atoms with Crippen LogP contribution < -0.4 is 0 Å². The van der Waals surface area contributed by atoms with Crippen molar-refractivity contribution < 1.29 is 9.72 Å². The third-order valence-electron chi connectivity index (χ3n) is 2.32. The lowest BCUT2D eigenvalue weighted by Crippen LogP contribution is -2.31. The molecule has 1 rings (SSSR count). The summed E-state index contributed by atoms with van der Waals surface area (Å²) < 4.78 is 0.913. The Balaban J connectivity index is 2.80. The van der Waals surface area contributed by atoms with Gasteiger partial charge in [0.15, 0.2) is 0 Å². The minimum atomic E-state index is -1.12. The van der Waals surface area contributed by atoms with E-state index in [9.17, 15) is 14.9 Å². The Labute approximate surface area is 102 Å². The summed E-state index contributed by atoms with van der Waals surface area (Å²) in [6.45, 7) is 1.64. The van der Waals surface area contributed by atoms with Crippen LogP contribution in [0.15, 0.2) is 28.7 Å². The number of ketones is 1. The number of hydrogen-bond donors (Lipinski definition) is 0. The molecule has 0 N–H and O–H groups in total. The fourth-order valence-electron chi connectivity index (χ4n) is 1.39. The van der Waals surface area contributed by atoms with Crippen LogP contribution in [-0.2, 0) is 11.2 Å². The number of rotatable bonds is 5. The molecule has 0 saturated carbocycles. The zero-order valence-corrected chi connectivity index (χ0v) is 10.4. The highest BCUT2D eigenvalue weighted by molar-refractivity contribution is 9.10. The molecular formula is C11H12BrNO3. The average molecular weight is 286 g/mol. The van der Waals surface area contributed by atoms with Crippen molar-refractivity contribution in [2.24, 2.45) is 0 Å². The van der Waals surface area contributed by atoms with Gasteiger partial charge in [0.05, 0.1) is 0 Å². The number of hydrogen-bond acceptors (Lipinski definition) is 3. The van der Waals surface area contributed by atoms with Crippen LogP contribution in [-0.4, -0.2) is 16.7 Å². The van der Waals surface area contributed by atoms with Crippen molar-refractivity contribution >= 4 is 21.7 Å². The zero-order chi connectivity index (χ0) is 12.1. The quantitative estimate of drug-likeness (QED) is 0.617. The molecule has 0 aliphatic carbocycles. The van der Waals surface area contributed by atoms with Crippen LogP contribution in [0.5, 0.6) is 0 Å². The summed E-state index contributed by atoms with van der Waals surface area (Å²) in [5, 5.41) is 10.7. The Morgan fingerprint density at radius 3 is 2.44 bits per heavy atom. The fraction of sp³-hybridized carbons (Fsp3) is 0.364. The summed E-state index contributed by atoms with van der Waals surface area (Å²) in [4.78, 5) is 21.6. The molecule has 1 atom stereocenters. The lowest BCUT2D eigenvalue weighted by molar-refractivity contribution is -0.507. The first-order valence-electron chi connectivity index (χ1n) is 4.95. The SMILES string of the molecule is CCC(=O)C(Cc1ccc(Br)cc1)[N+](=O)[O-]. The number of benzene rings is 1. The molecule has 0 spiro atoms. The first-order chi connectivity index (χ1) is 7.54. The van der Waals surface area contributed by atoms with Crippen molar-refractivity contribution in [3.63, 3.8) is 0 Å². The second-order valence-electron chi connectivity index (χ2n) is 3.45. The second kappa shape index (κ2) is 5.75. The van der Waals surface area contributed by atoms with Crippen LogP contribution in [0.4, 0.5) is 0 Å². The maximum Gasteiger partial charge on any atom is 0.274 e. The van der Waals surface area contributed by atoms with E-state index in [2.05, 4.69) is 15.9 Å². The monoisotopic (exact) mass is 285 g/mol. The minimum absolute atomic E-state index is 0.160. The summed E-state index contributed by atoms with van der Waals surface area (Å²) in [7, 11) is 0. The summed E-state index contributed by atoms with van der Waals surface area (Å²) in [6.07, 6.45) is 0.356. The van der Waals surface area contributed by atoms with E-state index in [0.29, 0.717) is 0 Å². The molecule has 4 nitrogen and oxygen atoms in total. The Morgan fingerprint density at radius 2 is 2.00 bits per heavy atom. The lowest BCUT2D eigenvalue weighted by Gasteiger charge is -2.07. The molecule has 0 fully saturated rings. The summed E-state index contributed by atoms with van der Waals surface area (Å²) in [5.41, 5.74) is 0.798. The maximum absolute atomic E-state index is 11.4. The van der Waals surface area contributed by atoms with Crippen molar-refractivity contribution in [2.45, 2.75) is 25.8 Å². The van der Waals surface area contributed by atoms with Gasteiger partial charge in [-0.3, -0.25) is 14.9 Å². The predicted molar refractivity (Wildman–Crippen MR) is 63.9 cm³/mol. The molecule has 86 valence electrons. The molecule has 0 heterocycles. The van der Waals surface area contributed by atoms with Crippen LogP contribution in [0, 0.1) is 10.1 Å². The van der Waals surface area contributed by atoms with Gasteiger partial charge in [0.25, 0.3) is 6.04 Å². The second-order valence-corrected chi connectivity index (χ2v) is 4.37. The molecular weight excluding hydrogens is 274 g/mol. The van der Waals surface area contributed by atoms with E-state index in [-0.39, 0.29) is 18.6 Å². The van der Waals surface area contributed by atoms with Gasteiger partial charge in [-0.15, -0.1) is 0 Å². The highest BCUT2D eigenvalue weighted by atomic mass is 79.9. The van der Waals surface area contributed by atoms with Gasteiger partial charge in [-0.25, -0.2) is 0 Å². The number of halogens is 1. The smallest absolute Gasteiger partial charge is 0.274 e. The largest absolute Gasteiger partial charge is 0.292 e. The van der Waals surface area contributed by atoms with Gasteiger partial charge in [-0.1, -0.05) is 35.0 Å². The van der Waals surface area contributed by atoms with Crippen LogP contribution in [0.3, 0.4) is 0 Å². The van der Waals surface area contributed by atoms with Gasteiger partial charge < -0.3 is 0 Å². The van der Waals surface area contributed by atoms with Crippen LogP contribution >= 0.6 is 15.9 Å². The van der Waals surface area contributed by atoms with E-state index in [1.54, 1.807) is 19.1 Å². The number of nitrogens with zero attached hydrogens (tertiary/aromatic N) is 1. The first-order valence-corrected chi connectivity index (χ1v) is 5.74. The van der Waals surface area contributed by atoms with Gasteiger partial charge in [0, 0.05) is 22.2 Å². The lowest BCUT2D eigenvalue weighted by atomic mass is 10.0. The highest BCUT2D eigenvalue weighted by Gasteiger charge is 2.27. The van der Waals surface area contributed by atoms with Crippen LogP contribution in [0.1, 0.15) is 18.9 Å². The van der Waals surface area contributed by atoms with Crippen molar-refractivity contribution in [3.05, 3.63) is 44.4 Å². The molecule has 1 aromatic rings. The Morgan fingerprint density at radius 1 is 1.44 bits per heavy atom. The number of Topliss-reactive ketones (excluding diaryl/α,β-unsaturated/α-hetero) is 1. The molecule has 0 aliphatic heterocycles. The van der Waals surface area contributed by atoms with Gasteiger partial charge in [0.1, 0.15) is 0 Å². The summed E-state index contributed by atoms with van der Waals surface area (Å²) in [6, 6.07) is 6.06. The van der Waals surface area contributed by atoms with Crippen molar-refractivity contribution in [2.75, 3.05) is 0 Å². The van der Waals surface area contributed by atoms with Crippen molar-refractivity contribution in [3.8, 4) is 0 Å². The molecule has 0 radical (unpaired) electrons. The van der Waals surface area contributed by atoms with E-state index < -0.39 is 11.0 Å². The molecule has 0 amide bonds. The molecule has 5 heteroatoms. The van der Waals surface area contributed by atoms with Gasteiger partial charge in [-0.05, 0) is 17.7 Å². The van der Waals surface area contributed by atoms with E-state index in [1.807, 2.05) is 12.1 Å². The molecule has 0 bridgehead atoms. The molecule has 16 heavy (non-hydrogen) atoms. The van der Waals surface area contributed by atoms with Crippen molar-refractivity contribution in [1.29, 1.82) is 0 Å². The van der Waals surface area contributed by atoms with E-state index in [1.165, 1.54) is 0 Å².